The predicted octanol–water partition coefficient (Wildman–Crippen LogP) is 4.27. The van der Waals surface area contributed by atoms with Gasteiger partial charge in [-0.15, -0.1) is 0 Å². The molecule has 1 atom stereocenters. The summed E-state index contributed by atoms with van der Waals surface area (Å²) in [5.74, 6) is 0.134. The molecule has 2 rings (SSSR count). The number of nitrogens with one attached hydrogen (secondary N) is 1. The van der Waals surface area contributed by atoms with Crippen LogP contribution < -0.4 is 5.32 Å². The molecular formula is C18H22FNO. The van der Waals surface area contributed by atoms with Crippen molar-refractivity contribution in [1.82, 2.24) is 0 Å². The van der Waals surface area contributed by atoms with Gasteiger partial charge in [0.15, 0.2) is 0 Å². The molecule has 0 saturated heterocycles. The second-order valence-corrected chi connectivity index (χ2v) is 5.87. The molecule has 112 valence electrons. The Morgan fingerprint density at radius 3 is 2.24 bits per heavy atom. The summed E-state index contributed by atoms with van der Waals surface area (Å²) in [5.41, 5.74) is 1.84. The highest BCUT2D eigenvalue weighted by atomic mass is 19.1. The van der Waals surface area contributed by atoms with Crippen molar-refractivity contribution in [3.63, 3.8) is 0 Å². The third-order valence-corrected chi connectivity index (χ3v) is 3.82. The van der Waals surface area contributed by atoms with E-state index >= 15 is 0 Å². The van der Waals surface area contributed by atoms with Gasteiger partial charge < -0.3 is 10.4 Å². The van der Waals surface area contributed by atoms with E-state index < -0.39 is 5.54 Å². The van der Waals surface area contributed by atoms with Crippen LogP contribution in [0.25, 0.3) is 0 Å². The average Bonchev–Trinajstić information content (AvgIpc) is 2.49. The third-order valence-electron chi connectivity index (χ3n) is 3.82. The first-order valence-electron chi connectivity index (χ1n) is 7.20. The molecule has 0 spiro atoms. The lowest BCUT2D eigenvalue weighted by Crippen LogP contribution is -2.36. The average molecular weight is 287 g/mol. The summed E-state index contributed by atoms with van der Waals surface area (Å²) in [4.78, 5) is 0. The molecule has 2 aromatic carbocycles. The predicted molar refractivity (Wildman–Crippen MR) is 85.0 cm³/mol. The van der Waals surface area contributed by atoms with Crippen molar-refractivity contribution in [2.24, 2.45) is 0 Å². The van der Waals surface area contributed by atoms with E-state index in [-0.39, 0.29) is 12.4 Å². The quantitative estimate of drug-likeness (QED) is 0.860. The van der Waals surface area contributed by atoms with Crippen LogP contribution in [-0.4, -0.2) is 11.7 Å². The van der Waals surface area contributed by atoms with Gasteiger partial charge in [-0.2, -0.15) is 0 Å². The Bertz CT molecular complexity index is 594. The standard InChI is InChI=1S/C18H22FNO/c1-13(2)14-8-10-15(11-9-14)18(3,12-21)20-17-7-5-4-6-16(17)19/h4-11,13,20-21H,12H2,1-3H3. The van der Waals surface area contributed by atoms with E-state index in [1.165, 1.54) is 11.6 Å². The zero-order chi connectivity index (χ0) is 15.5. The maximum absolute atomic E-state index is 13.8. The van der Waals surface area contributed by atoms with Gasteiger partial charge in [-0.05, 0) is 36.1 Å². The lowest BCUT2D eigenvalue weighted by molar-refractivity contribution is 0.223. The number of benzene rings is 2. The Hall–Kier alpha value is -1.87. The molecule has 0 aliphatic rings. The zero-order valence-corrected chi connectivity index (χ0v) is 12.7. The van der Waals surface area contributed by atoms with Crippen molar-refractivity contribution in [2.75, 3.05) is 11.9 Å². The lowest BCUT2D eigenvalue weighted by Gasteiger charge is -2.31. The zero-order valence-electron chi connectivity index (χ0n) is 12.7. The molecule has 0 amide bonds. The number of anilines is 1. The van der Waals surface area contributed by atoms with E-state index in [0.29, 0.717) is 11.6 Å². The molecule has 21 heavy (non-hydrogen) atoms. The van der Waals surface area contributed by atoms with Gasteiger partial charge in [-0.3, -0.25) is 0 Å². The van der Waals surface area contributed by atoms with E-state index in [0.717, 1.165) is 5.56 Å². The summed E-state index contributed by atoms with van der Waals surface area (Å²) in [6.07, 6.45) is 0. The van der Waals surface area contributed by atoms with Crippen LogP contribution in [-0.2, 0) is 5.54 Å². The van der Waals surface area contributed by atoms with Gasteiger partial charge in [0.25, 0.3) is 0 Å². The van der Waals surface area contributed by atoms with Crippen molar-refractivity contribution in [1.29, 1.82) is 0 Å². The third kappa shape index (κ3) is 3.42. The second-order valence-electron chi connectivity index (χ2n) is 5.87. The fourth-order valence-electron chi connectivity index (χ4n) is 2.30. The summed E-state index contributed by atoms with van der Waals surface area (Å²) in [6, 6.07) is 14.6. The fraction of sp³-hybridized carbons (Fsp3) is 0.333. The van der Waals surface area contributed by atoms with Gasteiger partial charge in [0, 0.05) is 0 Å². The van der Waals surface area contributed by atoms with Crippen molar-refractivity contribution < 1.29 is 9.50 Å². The maximum Gasteiger partial charge on any atom is 0.146 e. The normalized spacial score (nSPS) is 14.0. The van der Waals surface area contributed by atoms with Crippen LogP contribution in [0.1, 0.15) is 37.8 Å². The topological polar surface area (TPSA) is 32.3 Å². The first-order valence-corrected chi connectivity index (χ1v) is 7.20. The van der Waals surface area contributed by atoms with Crippen LogP contribution in [0.2, 0.25) is 0 Å². The second kappa shape index (κ2) is 6.27. The smallest absolute Gasteiger partial charge is 0.146 e. The minimum Gasteiger partial charge on any atom is -0.394 e. The van der Waals surface area contributed by atoms with E-state index in [1.54, 1.807) is 18.2 Å². The van der Waals surface area contributed by atoms with Crippen LogP contribution in [0, 0.1) is 5.82 Å². The molecule has 0 bridgehead atoms. The first-order chi connectivity index (χ1) is 9.96. The maximum atomic E-state index is 13.8. The van der Waals surface area contributed by atoms with Crippen molar-refractivity contribution in [3.8, 4) is 0 Å². The highest BCUT2D eigenvalue weighted by Crippen LogP contribution is 2.28. The van der Waals surface area contributed by atoms with E-state index in [2.05, 4.69) is 31.3 Å². The minimum atomic E-state index is -0.725. The molecule has 2 nitrogen and oxygen atoms in total. The van der Waals surface area contributed by atoms with Gasteiger partial charge in [-0.1, -0.05) is 50.2 Å². The van der Waals surface area contributed by atoms with Gasteiger partial charge in [-0.25, -0.2) is 4.39 Å². The monoisotopic (exact) mass is 287 g/mol. The molecule has 0 aromatic heterocycles. The molecule has 0 radical (unpaired) electrons. The Kier molecular flexibility index (Phi) is 4.63. The fourth-order valence-corrected chi connectivity index (χ4v) is 2.30. The molecule has 3 heteroatoms. The Morgan fingerprint density at radius 1 is 1.10 bits per heavy atom. The van der Waals surface area contributed by atoms with Gasteiger partial charge >= 0.3 is 0 Å². The van der Waals surface area contributed by atoms with E-state index in [4.69, 9.17) is 0 Å². The molecule has 2 N–H and O–H groups in total. The molecule has 0 aliphatic carbocycles. The number of halogens is 1. The SMILES string of the molecule is CC(C)c1ccc(C(C)(CO)Nc2ccccc2F)cc1. The van der Waals surface area contributed by atoms with Crippen molar-refractivity contribution in [2.45, 2.75) is 32.2 Å². The highest BCUT2D eigenvalue weighted by molar-refractivity contribution is 5.49. The van der Waals surface area contributed by atoms with Crippen LogP contribution in [0.5, 0.6) is 0 Å². The number of aliphatic hydroxyl groups excluding tert-OH is 1. The molecule has 1 unspecified atom stereocenters. The van der Waals surface area contributed by atoms with E-state index in [1.807, 2.05) is 19.1 Å². The molecule has 0 saturated carbocycles. The van der Waals surface area contributed by atoms with Crippen molar-refractivity contribution >= 4 is 5.69 Å². The number of aliphatic hydroxyl groups is 1. The summed E-state index contributed by atoms with van der Waals surface area (Å²) in [5, 5.41) is 12.9. The summed E-state index contributed by atoms with van der Waals surface area (Å²) in [6.45, 7) is 6.02. The largest absolute Gasteiger partial charge is 0.394 e. The van der Waals surface area contributed by atoms with Crippen molar-refractivity contribution in [3.05, 3.63) is 65.5 Å². The molecule has 0 fully saturated rings. The number of para-hydroxylation sites is 1. The first kappa shape index (κ1) is 15.5. The van der Waals surface area contributed by atoms with Crippen LogP contribution >= 0.6 is 0 Å². The molecule has 2 aromatic rings. The number of rotatable bonds is 5. The Labute approximate surface area is 125 Å². The van der Waals surface area contributed by atoms with E-state index in [9.17, 15) is 9.50 Å². The van der Waals surface area contributed by atoms with Gasteiger partial charge in [0.2, 0.25) is 0 Å². The molecular weight excluding hydrogens is 265 g/mol. The summed E-state index contributed by atoms with van der Waals surface area (Å²) >= 11 is 0. The van der Waals surface area contributed by atoms with Gasteiger partial charge in [0.1, 0.15) is 5.82 Å². The number of hydrogen-bond acceptors (Lipinski definition) is 2. The van der Waals surface area contributed by atoms with Crippen LogP contribution in [0.4, 0.5) is 10.1 Å². The number of hydrogen-bond donors (Lipinski definition) is 2. The summed E-state index contributed by atoms with van der Waals surface area (Å²) < 4.78 is 13.8. The lowest BCUT2D eigenvalue weighted by atomic mass is 9.90. The molecule has 0 heterocycles. The Morgan fingerprint density at radius 2 is 1.71 bits per heavy atom. The highest BCUT2D eigenvalue weighted by Gasteiger charge is 2.26. The Balaban J connectivity index is 2.30. The van der Waals surface area contributed by atoms with Crippen LogP contribution in [0.3, 0.4) is 0 Å². The van der Waals surface area contributed by atoms with Crippen LogP contribution in [0.15, 0.2) is 48.5 Å². The summed E-state index contributed by atoms with van der Waals surface area (Å²) in [7, 11) is 0. The molecule has 0 aliphatic heterocycles. The van der Waals surface area contributed by atoms with Gasteiger partial charge in [0.05, 0.1) is 17.8 Å². The minimum absolute atomic E-state index is 0.123.